The Labute approximate surface area is 97.2 Å². The molecule has 0 bridgehead atoms. The highest BCUT2D eigenvalue weighted by molar-refractivity contribution is 7.99. The van der Waals surface area contributed by atoms with Crippen molar-refractivity contribution < 1.29 is 5.11 Å². The lowest BCUT2D eigenvalue weighted by atomic mass is 10.3. The van der Waals surface area contributed by atoms with Gasteiger partial charge in [-0.05, 0) is 19.3 Å². The second kappa shape index (κ2) is 5.03. The fourth-order valence-corrected chi connectivity index (χ4v) is 2.49. The van der Waals surface area contributed by atoms with Crippen molar-refractivity contribution >= 4 is 11.8 Å². The largest absolute Gasteiger partial charge is 0.396 e. The first kappa shape index (κ1) is 11.7. The molecule has 4 N–H and O–H groups in total. The standard InChI is InChI=1S/C9H16N4O2S/c10-6(3-4-14)5-16-9-12-11-8(15)13(9)7-1-2-7/h6-7,14H,1-5,10H2,(H,11,15). The van der Waals surface area contributed by atoms with E-state index in [1.807, 2.05) is 0 Å². The molecule has 1 atom stereocenters. The van der Waals surface area contributed by atoms with Crippen molar-refractivity contribution in [3.63, 3.8) is 0 Å². The predicted octanol–water partition coefficient (Wildman–Crippen LogP) is -0.292. The summed E-state index contributed by atoms with van der Waals surface area (Å²) >= 11 is 1.47. The zero-order chi connectivity index (χ0) is 11.5. The first-order valence-electron chi connectivity index (χ1n) is 5.38. The fourth-order valence-electron chi connectivity index (χ4n) is 1.48. The Bertz CT molecular complexity index is 398. The van der Waals surface area contributed by atoms with E-state index in [2.05, 4.69) is 10.2 Å². The van der Waals surface area contributed by atoms with Gasteiger partial charge in [-0.1, -0.05) is 11.8 Å². The van der Waals surface area contributed by atoms with E-state index in [0.29, 0.717) is 23.4 Å². The Kier molecular flexibility index (Phi) is 3.67. The lowest BCUT2D eigenvalue weighted by Crippen LogP contribution is -2.24. The molecule has 1 aromatic rings. The molecule has 0 spiro atoms. The Morgan fingerprint density at radius 3 is 3.06 bits per heavy atom. The van der Waals surface area contributed by atoms with Crippen LogP contribution in [0.25, 0.3) is 0 Å². The van der Waals surface area contributed by atoms with Gasteiger partial charge in [-0.15, -0.1) is 5.10 Å². The monoisotopic (exact) mass is 244 g/mol. The van der Waals surface area contributed by atoms with E-state index in [1.54, 1.807) is 4.57 Å². The van der Waals surface area contributed by atoms with E-state index in [-0.39, 0.29) is 18.3 Å². The minimum Gasteiger partial charge on any atom is -0.396 e. The molecule has 0 saturated heterocycles. The summed E-state index contributed by atoms with van der Waals surface area (Å²) in [6.45, 7) is 0.0950. The van der Waals surface area contributed by atoms with Crippen molar-refractivity contribution in [2.75, 3.05) is 12.4 Å². The minimum atomic E-state index is -0.138. The Morgan fingerprint density at radius 1 is 1.69 bits per heavy atom. The number of aromatic amines is 1. The minimum absolute atomic E-state index is 0.0607. The van der Waals surface area contributed by atoms with Gasteiger partial charge in [0.2, 0.25) is 0 Å². The van der Waals surface area contributed by atoms with Crippen LogP contribution in [-0.4, -0.2) is 38.3 Å². The van der Waals surface area contributed by atoms with Crippen molar-refractivity contribution in [2.45, 2.75) is 36.5 Å². The molecule has 2 rings (SSSR count). The topological polar surface area (TPSA) is 96.9 Å². The van der Waals surface area contributed by atoms with Gasteiger partial charge in [-0.2, -0.15) is 0 Å². The number of H-pyrrole nitrogens is 1. The summed E-state index contributed by atoms with van der Waals surface area (Å²) in [5.74, 6) is 0.664. The lowest BCUT2D eigenvalue weighted by Gasteiger charge is -2.08. The van der Waals surface area contributed by atoms with Crippen LogP contribution >= 0.6 is 11.8 Å². The third-order valence-corrected chi connectivity index (χ3v) is 3.65. The van der Waals surface area contributed by atoms with Gasteiger partial charge >= 0.3 is 5.69 Å². The highest BCUT2D eigenvalue weighted by atomic mass is 32.2. The van der Waals surface area contributed by atoms with E-state index in [0.717, 1.165) is 12.8 Å². The maximum Gasteiger partial charge on any atom is 0.344 e. The molecular weight excluding hydrogens is 228 g/mol. The van der Waals surface area contributed by atoms with Crippen LogP contribution < -0.4 is 11.4 Å². The number of hydrogen-bond acceptors (Lipinski definition) is 5. The normalized spacial score (nSPS) is 17.6. The molecule has 16 heavy (non-hydrogen) atoms. The van der Waals surface area contributed by atoms with Crippen molar-refractivity contribution in [2.24, 2.45) is 5.73 Å². The summed E-state index contributed by atoms with van der Waals surface area (Å²) < 4.78 is 1.70. The highest BCUT2D eigenvalue weighted by Gasteiger charge is 2.28. The summed E-state index contributed by atoms with van der Waals surface area (Å²) in [6.07, 6.45) is 2.68. The molecule has 1 unspecified atom stereocenters. The van der Waals surface area contributed by atoms with Crippen molar-refractivity contribution in [1.82, 2.24) is 14.8 Å². The molecular formula is C9H16N4O2S. The lowest BCUT2D eigenvalue weighted by molar-refractivity contribution is 0.279. The average molecular weight is 244 g/mol. The van der Waals surface area contributed by atoms with Gasteiger partial charge in [0.25, 0.3) is 0 Å². The number of aromatic nitrogens is 3. The van der Waals surface area contributed by atoms with Gasteiger partial charge in [-0.25, -0.2) is 9.89 Å². The van der Waals surface area contributed by atoms with Gasteiger partial charge in [0, 0.05) is 24.4 Å². The average Bonchev–Trinajstić information content (AvgIpc) is 3.01. The Morgan fingerprint density at radius 2 is 2.44 bits per heavy atom. The van der Waals surface area contributed by atoms with E-state index in [9.17, 15) is 4.79 Å². The zero-order valence-corrected chi connectivity index (χ0v) is 9.74. The summed E-state index contributed by atoms with van der Waals surface area (Å²) in [6, 6.07) is 0.261. The van der Waals surface area contributed by atoms with Gasteiger partial charge < -0.3 is 10.8 Å². The van der Waals surface area contributed by atoms with E-state index >= 15 is 0 Å². The molecule has 6 nitrogen and oxygen atoms in total. The molecule has 7 heteroatoms. The third-order valence-electron chi connectivity index (χ3n) is 2.51. The van der Waals surface area contributed by atoms with Crippen molar-refractivity contribution in [3.05, 3.63) is 10.5 Å². The molecule has 1 heterocycles. The number of nitrogens with one attached hydrogen (secondary N) is 1. The molecule has 1 aliphatic rings. The van der Waals surface area contributed by atoms with Crippen LogP contribution in [0.2, 0.25) is 0 Å². The van der Waals surface area contributed by atoms with E-state index < -0.39 is 0 Å². The predicted molar refractivity (Wildman–Crippen MR) is 61.5 cm³/mol. The molecule has 90 valence electrons. The van der Waals surface area contributed by atoms with Crippen molar-refractivity contribution in [1.29, 1.82) is 0 Å². The van der Waals surface area contributed by atoms with Crippen LogP contribution in [0.15, 0.2) is 9.95 Å². The van der Waals surface area contributed by atoms with Crippen LogP contribution in [0.5, 0.6) is 0 Å². The van der Waals surface area contributed by atoms with Crippen molar-refractivity contribution in [3.8, 4) is 0 Å². The summed E-state index contributed by atoms with van der Waals surface area (Å²) in [5, 5.41) is 15.9. The number of rotatable bonds is 6. The highest BCUT2D eigenvalue weighted by Crippen LogP contribution is 2.36. The number of nitrogens with zero attached hydrogens (tertiary/aromatic N) is 2. The number of hydrogen-bond donors (Lipinski definition) is 3. The second-order valence-electron chi connectivity index (χ2n) is 4.00. The van der Waals surface area contributed by atoms with Gasteiger partial charge in [0.05, 0.1) is 0 Å². The molecule has 1 saturated carbocycles. The number of aliphatic hydroxyl groups excluding tert-OH is 1. The van der Waals surface area contributed by atoms with Crippen LogP contribution in [0.1, 0.15) is 25.3 Å². The van der Waals surface area contributed by atoms with Crippen LogP contribution in [0.4, 0.5) is 0 Å². The van der Waals surface area contributed by atoms with Crippen LogP contribution in [-0.2, 0) is 0 Å². The number of thioether (sulfide) groups is 1. The van der Waals surface area contributed by atoms with E-state index in [1.165, 1.54) is 11.8 Å². The third kappa shape index (κ3) is 2.66. The molecule has 0 aromatic carbocycles. The Hall–Kier alpha value is -0.790. The summed E-state index contributed by atoms with van der Waals surface area (Å²) in [4.78, 5) is 11.5. The van der Waals surface area contributed by atoms with Crippen LogP contribution in [0, 0.1) is 0 Å². The molecule has 1 fully saturated rings. The molecule has 1 aliphatic carbocycles. The molecule has 0 amide bonds. The first-order chi connectivity index (χ1) is 7.72. The summed E-state index contributed by atoms with van der Waals surface area (Å²) in [5.41, 5.74) is 5.64. The number of nitrogens with two attached hydrogens (primary N) is 1. The molecule has 0 radical (unpaired) electrons. The first-order valence-corrected chi connectivity index (χ1v) is 6.37. The summed E-state index contributed by atoms with van der Waals surface area (Å²) in [7, 11) is 0. The zero-order valence-electron chi connectivity index (χ0n) is 8.93. The SMILES string of the molecule is NC(CCO)CSc1n[nH]c(=O)n1C1CC1. The smallest absolute Gasteiger partial charge is 0.344 e. The maximum atomic E-state index is 11.5. The Balaban J connectivity index is 1.96. The quantitative estimate of drug-likeness (QED) is 0.597. The fraction of sp³-hybridized carbons (Fsp3) is 0.778. The number of aliphatic hydroxyl groups is 1. The van der Waals surface area contributed by atoms with Crippen LogP contribution in [0.3, 0.4) is 0 Å². The maximum absolute atomic E-state index is 11.5. The van der Waals surface area contributed by atoms with E-state index in [4.69, 9.17) is 10.8 Å². The molecule has 0 aliphatic heterocycles. The van der Waals surface area contributed by atoms with Gasteiger partial charge in [-0.3, -0.25) is 4.57 Å². The van der Waals surface area contributed by atoms with Gasteiger partial charge in [0.15, 0.2) is 5.16 Å². The van der Waals surface area contributed by atoms with Gasteiger partial charge in [0.1, 0.15) is 0 Å². The molecule has 1 aromatic heterocycles. The second-order valence-corrected chi connectivity index (χ2v) is 4.98.